The maximum absolute atomic E-state index is 12.6. The van der Waals surface area contributed by atoms with E-state index in [0.29, 0.717) is 31.0 Å². The second kappa shape index (κ2) is 5.37. The number of piperidine rings is 1. The fourth-order valence-corrected chi connectivity index (χ4v) is 5.12. The summed E-state index contributed by atoms with van der Waals surface area (Å²) >= 11 is 3.31. The van der Waals surface area contributed by atoms with Crippen molar-refractivity contribution in [3.8, 4) is 0 Å². The van der Waals surface area contributed by atoms with E-state index in [0.717, 1.165) is 17.3 Å². The summed E-state index contributed by atoms with van der Waals surface area (Å²) in [6.45, 7) is 1.63. The SMILES string of the molecule is O=C1CC2(CCN(S(=O)(=O)c3cccc(Br)c3)CC2)CN1. The van der Waals surface area contributed by atoms with Crippen LogP contribution in [-0.2, 0) is 14.8 Å². The van der Waals surface area contributed by atoms with Crippen molar-refractivity contribution in [1.82, 2.24) is 9.62 Å². The third kappa shape index (κ3) is 2.86. The van der Waals surface area contributed by atoms with Crippen molar-refractivity contribution in [3.05, 3.63) is 28.7 Å². The lowest BCUT2D eigenvalue weighted by molar-refractivity contribution is -0.119. The van der Waals surface area contributed by atoms with Crippen molar-refractivity contribution in [2.45, 2.75) is 24.2 Å². The van der Waals surface area contributed by atoms with Crippen LogP contribution in [0.3, 0.4) is 0 Å². The van der Waals surface area contributed by atoms with Crippen LogP contribution in [0.5, 0.6) is 0 Å². The zero-order valence-corrected chi connectivity index (χ0v) is 13.9. The molecule has 1 amide bonds. The third-order valence-corrected chi connectivity index (χ3v) is 6.80. The molecule has 2 heterocycles. The molecule has 0 unspecified atom stereocenters. The number of carbonyl (C=O) groups excluding carboxylic acids is 1. The molecule has 1 N–H and O–H groups in total. The van der Waals surface area contributed by atoms with E-state index in [2.05, 4.69) is 21.2 Å². The summed E-state index contributed by atoms with van der Waals surface area (Å²) in [6.07, 6.45) is 2.00. The van der Waals surface area contributed by atoms with Gasteiger partial charge in [-0.2, -0.15) is 4.31 Å². The zero-order chi connectivity index (χ0) is 15.1. The number of halogens is 1. The lowest BCUT2D eigenvalue weighted by Crippen LogP contribution is -2.43. The molecule has 7 heteroatoms. The molecule has 3 rings (SSSR count). The molecule has 0 bridgehead atoms. The van der Waals surface area contributed by atoms with Crippen LogP contribution < -0.4 is 5.32 Å². The summed E-state index contributed by atoms with van der Waals surface area (Å²) in [5.74, 6) is 0.0818. The molecule has 2 aliphatic rings. The van der Waals surface area contributed by atoms with E-state index < -0.39 is 10.0 Å². The Balaban J connectivity index is 1.76. The van der Waals surface area contributed by atoms with Crippen LogP contribution >= 0.6 is 15.9 Å². The van der Waals surface area contributed by atoms with E-state index >= 15 is 0 Å². The predicted molar refractivity (Wildman–Crippen MR) is 82.2 cm³/mol. The second-order valence-electron chi connectivity index (χ2n) is 5.81. The lowest BCUT2D eigenvalue weighted by Gasteiger charge is -2.37. The Morgan fingerprint density at radius 1 is 1.24 bits per heavy atom. The first-order valence-electron chi connectivity index (χ1n) is 6.94. The number of nitrogens with zero attached hydrogens (tertiary/aromatic N) is 1. The van der Waals surface area contributed by atoms with E-state index in [9.17, 15) is 13.2 Å². The standard InChI is InChI=1S/C14H17BrN2O3S/c15-11-2-1-3-12(8-11)21(19,20)17-6-4-14(5-7-17)9-13(18)16-10-14/h1-3,8H,4-7,9-10H2,(H,16,18). The highest BCUT2D eigenvalue weighted by Gasteiger charge is 2.43. The van der Waals surface area contributed by atoms with Gasteiger partial charge in [0, 0.05) is 30.5 Å². The Bertz CT molecular complexity index is 667. The molecule has 1 aromatic rings. The molecule has 0 aliphatic carbocycles. The monoisotopic (exact) mass is 372 g/mol. The van der Waals surface area contributed by atoms with Gasteiger partial charge >= 0.3 is 0 Å². The van der Waals surface area contributed by atoms with E-state index in [1.807, 2.05) is 0 Å². The Morgan fingerprint density at radius 3 is 2.52 bits per heavy atom. The van der Waals surface area contributed by atoms with Crippen LogP contribution in [0, 0.1) is 5.41 Å². The average molecular weight is 373 g/mol. The largest absolute Gasteiger partial charge is 0.356 e. The molecule has 0 saturated carbocycles. The molecule has 1 spiro atoms. The van der Waals surface area contributed by atoms with Crippen LogP contribution in [-0.4, -0.2) is 38.3 Å². The highest BCUT2D eigenvalue weighted by atomic mass is 79.9. The van der Waals surface area contributed by atoms with Crippen LogP contribution in [0.1, 0.15) is 19.3 Å². The summed E-state index contributed by atoms with van der Waals surface area (Å²) in [5, 5.41) is 2.86. The van der Waals surface area contributed by atoms with Crippen molar-refractivity contribution in [2.24, 2.45) is 5.41 Å². The average Bonchev–Trinajstić information content (AvgIpc) is 2.80. The molecule has 0 radical (unpaired) electrons. The number of benzene rings is 1. The van der Waals surface area contributed by atoms with Gasteiger partial charge in [-0.3, -0.25) is 4.79 Å². The molecular formula is C14H17BrN2O3S. The number of nitrogens with one attached hydrogen (secondary N) is 1. The van der Waals surface area contributed by atoms with Gasteiger partial charge in [0.2, 0.25) is 15.9 Å². The van der Waals surface area contributed by atoms with Crippen molar-refractivity contribution in [3.63, 3.8) is 0 Å². The number of rotatable bonds is 2. The van der Waals surface area contributed by atoms with Crippen LogP contribution in [0.2, 0.25) is 0 Å². The highest BCUT2D eigenvalue weighted by Crippen LogP contribution is 2.38. The minimum absolute atomic E-state index is 0.0413. The van der Waals surface area contributed by atoms with Gasteiger partial charge in [0.1, 0.15) is 0 Å². The van der Waals surface area contributed by atoms with Crippen LogP contribution in [0.25, 0.3) is 0 Å². The van der Waals surface area contributed by atoms with Crippen molar-refractivity contribution < 1.29 is 13.2 Å². The zero-order valence-electron chi connectivity index (χ0n) is 11.5. The van der Waals surface area contributed by atoms with Gasteiger partial charge in [-0.1, -0.05) is 22.0 Å². The summed E-state index contributed by atoms with van der Waals surface area (Å²) < 4.78 is 27.5. The maximum atomic E-state index is 12.6. The molecule has 0 aromatic heterocycles. The van der Waals surface area contributed by atoms with E-state index in [4.69, 9.17) is 0 Å². The van der Waals surface area contributed by atoms with Crippen molar-refractivity contribution in [1.29, 1.82) is 0 Å². The smallest absolute Gasteiger partial charge is 0.243 e. The van der Waals surface area contributed by atoms with Gasteiger partial charge in [0.05, 0.1) is 4.90 Å². The van der Waals surface area contributed by atoms with Crippen molar-refractivity contribution >= 4 is 31.9 Å². The van der Waals surface area contributed by atoms with Gasteiger partial charge in [-0.15, -0.1) is 0 Å². The number of sulfonamides is 1. The molecular weight excluding hydrogens is 356 g/mol. The quantitative estimate of drug-likeness (QED) is 0.859. The van der Waals surface area contributed by atoms with Gasteiger partial charge in [0.15, 0.2) is 0 Å². The molecule has 0 atom stereocenters. The Morgan fingerprint density at radius 2 is 1.95 bits per heavy atom. The summed E-state index contributed by atoms with van der Waals surface area (Å²) in [4.78, 5) is 11.7. The van der Waals surface area contributed by atoms with Crippen LogP contribution in [0.15, 0.2) is 33.6 Å². The van der Waals surface area contributed by atoms with E-state index in [1.54, 1.807) is 24.3 Å². The van der Waals surface area contributed by atoms with Crippen LogP contribution in [0.4, 0.5) is 0 Å². The Kier molecular flexibility index (Phi) is 3.83. The molecule has 21 heavy (non-hydrogen) atoms. The normalized spacial score (nSPS) is 22.4. The first-order valence-corrected chi connectivity index (χ1v) is 9.17. The molecule has 2 aliphatic heterocycles. The Hall–Kier alpha value is -0.920. The number of hydrogen-bond acceptors (Lipinski definition) is 3. The van der Waals surface area contributed by atoms with Crippen molar-refractivity contribution in [2.75, 3.05) is 19.6 Å². The first kappa shape index (κ1) is 15.0. The summed E-state index contributed by atoms with van der Waals surface area (Å²) in [5.41, 5.74) is -0.0413. The van der Waals surface area contributed by atoms with E-state index in [1.165, 1.54) is 4.31 Å². The minimum Gasteiger partial charge on any atom is -0.356 e. The molecule has 2 fully saturated rings. The Labute approximate surface area is 132 Å². The maximum Gasteiger partial charge on any atom is 0.243 e. The summed E-state index contributed by atoms with van der Waals surface area (Å²) in [7, 11) is -3.45. The number of amides is 1. The first-order chi connectivity index (χ1) is 9.91. The van der Waals surface area contributed by atoms with Gasteiger partial charge in [0.25, 0.3) is 0 Å². The van der Waals surface area contributed by atoms with E-state index in [-0.39, 0.29) is 11.3 Å². The fraction of sp³-hybridized carbons (Fsp3) is 0.500. The van der Waals surface area contributed by atoms with Gasteiger partial charge in [-0.25, -0.2) is 8.42 Å². The number of carbonyl (C=O) groups is 1. The molecule has 2 saturated heterocycles. The minimum atomic E-state index is -3.45. The molecule has 5 nitrogen and oxygen atoms in total. The lowest BCUT2D eigenvalue weighted by atomic mass is 9.78. The number of hydrogen-bond donors (Lipinski definition) is 1. The topological polar surface area (TPSA) is 66.5 Å². The molecule has 1 aromatic carbocycles. The second-order valence-corrected chi connectivity index (χ2v) is 8.67. The van der Waals surface area contributed by atoms with Gasteiger partial charge < -0.3 is 5.32 Å². The third-order valence-electron chi connectivity index (χ3n) is 4.41. The highest BCUT2D eigenvalue weighted by molar-refractivity contribution is 9.10. The summed E-state index contributed by atoms with van der Waals surface area (Å²) in [6, 6.07) is 6.77. The predicted octanol–water partition coefficient (Wildman–Crippen LogP) is 1.74. The van der Waals surface area contributed by atoms with Gasteiger partial charge in [-0.05, 0) is 36.5 Å². The fourth-order valence-electron chi connectivity index (χ4n) is 3.08. The molecule has 114 valence electrons.